The van der Waals surface area contributed by atoms with Gasteiger partial charge in [-0.2, -0.15) is 11.3 Å². The Morgan fingerprint density at radius 3 is 3.00 bits per heavy atom. The SMILES string of the molecule is CNC(Cc1ccsc1)C1CCCC(C)C1. The Bertz CT molecular complexity index is 294. The van der Waals surface area contributed by atoms with Crippen LogP contribution in [0.25, 0.3) is 0 Å². The number of hydrogen-bond acceptors (Lipinski definition) is 2. The van der Waals surface area contributed by atoms with E-state index in [0.717, 1.165) is 11.8 Å². The minimum absolute atomic E-state index is 0.678. The first-order valence-corrected chi connectivity index (χ1v) is 7.42. The summed E-state index contributed by atoms with van der Waals surface area (Å²) < 4.78 is 0. The van der Waals surface area contributed by atoms with Crippen LogP contribution in [0.4, 0.5) is 0 Å². The van der Waals surface area contributed by atoms with Crippen molar-refractivity contribution < 1.29 is 0 Å². The minimum atomic E-state index is 0.678. The number of likely N-dealkylation sites (N-methyl/N-ethyl adjacent to an activating group) is 1. The summed E-state index contributed by atoms with van der Waals surface area (Å²) in [4.78, 5) is 0. The van der Waals surface area contributed by atoms with Crippen molar-refractivity contribution in [3.8, 4) is 0 Å². The molecule has 2 rings (SSSR count). The Kier molecular flexibility index (Phi) is 4.42. The van der Waals surface area contributed by atoms with E-state index in [1.165, 1.54) is 37.7 Å². The van der Waals surface area contributed by atoms with Gasteiger partial charge in [0.15, 0.2) is 0 Å². The highest BCUT2D eigenvalue weighted by Gasteiger charge is 2.25. The van der Waals surface area contributed by atoms with Crippen molar-refractivity contribution >= 4 is 11.3 Å². The van der Waals surface area contributed by atoms with E-state index in [1.807, 2.05) is 11.3 Å². The Morgan fingerprint density at radius 1 is 1.50 bits per heavy atom. The first-order valence-electron chi connectivity index (χ1n) is 6.48. The molecule has 0 radical (unpaired) electrons. The third-order valence-corrected chi connectivity index (χ3v) is 4.68. The van der Waals surface area contributed by atoms with Crippen LogP contribution in [0, 0.1) is 11.8 Å². The van der Waals surface area contributed by atoms with Gasteiger partial charge in [0.2, 0.25) is 0 Å². The predicted molar refractivity (Wildman–Crippen MR) is 72.0 cm³/mol. The highest BCUT2D eigenvalue weighted by molar-refractivity contribution is 7.07. The van der Waals surface area contributed by atoms with Crippen LogP contribution in [-0.2, 0) is 6.42 Å². The molecule has 0 spiro atoms. The van der Waals surface area contributed by atoms with Crippen LogP contribution in [0.2, 0.25) is 0 Å². The molecule has 1 heterocycles. The Balaban J connectivity index is 1.93. The van der Waals surface area contributed by atoms with Gasteiger partial charge in [-0.15, -0.1) is 0 Å². The maximum absolute atomic E-state index is 3.54. The summed E-state index contributed by atoms with van der Waals surface area (Å²) in [7, 11) is 2.12. The smallest absolute Gasteiger partial charge is 0.0133 e. The van der Waals surface area contributed by atoms with Gasteiger partial charge in [0.25, 0.3) is 0 Å². The van der Waals surface area contributed by atoms with Crippen molar-refractivity contribution in [1.82, 2.24) is 5.32 Å². The molecule has 1 aromatic heterocycles. The van der Waals surface area contributed by atoms with Gasteiger partial charge >= 0.3 is 0 Å². The molecule has 1 fully saturated rings. The molecule has 0 saturated heterocycles. The van der Waals surface area contributed by atoms with Crippen LogP contribution in [-0.4, -0.2) is 13.1 Å². The molecule has 1 aliphatic rings. The molecule has 3 atom stereocenters. The van der Waals surface area contributed by atoms with E-state index >= 15 is 0 Å². The van der Waals surface area contributed by atoms with Crippen molar-refractivity contribution in [2.24, 2.45) is 11.8 Å². The fraction of sp³-hybridized carbons (Fsp3) is 0.714. The molecule has 90 valence electrons. The van der Waals surface area contributed by atoms with Crippen molar-refractivity contribution in [3.63, 3.8) is 0 Å². The third-order valence-electron chi connectivity index (χ3n) is 3.95. The second kappa shape index (κ2) is 5.83. The van der Waals surface area contributed by atoms with Crippen LogP contribution >= 0.6 is 11.3 Å². The minimum Gasteiger partial charge on any atom is -0.316 e. The third kappa shape index (κ3) is 3.08. The van der Waals surface area contributed by atoms with Crippen LogP contribution < -0.4 is 5.32 Å². The molecule has 3 unspecified atom stereocenters. The molecule has 16 heavy (non-hydrogen) atoms. The first-order chi connectivity index (χ1) is 7.79. The maximum Gasteiger partial charge on any atom is 0.0133 e. The fourth-order valence-electron chi connectivity index (χ4n) is 3.01. The molecular formula is C14H23NS. The van der Waals surface area contributed by atoms with Gasteiger partial charge in [-0.05, 0) is 60.5 Å². The van der Waals surface area contributed by atoms with Gasteiger partial charge < -0.3 is 5.32 Å². The van der Waals surface area contributed by atoms with Crippen molar-refractivity contribution in [3.05, 3.63) is 22.4 Å². The number of hydrogen-bond donors (Lipinski definition) is 1. The van der Waals surface area contributed by atoms with E-state index in [0.29, 0.717) is 6.04 Å². The predicted octanol–water partition coefficient (Wildman–Crippen LogP) is 3.70. The van der Waals surface area contributed by atoms with Gasteiger partial charge in [0.1, 0.15) is 0 Å². The van der Waals surface area contributed by atoms with E-state index in [2.05, 4.69) is 36.1 Å². The Hall–Kier alpha value is -0.340. The van der Waals surface area contributed by atoms with Crippen molar-refractivity contribution in [1.29, 1.82) is 0 Å². The summed E-state index contributed by atoms with van der Waals surface area (Å²) in [5.41, 5.74) is 1.50. The largest absolute Gasteiger partial charge is 0.316 e. The van der Waals surface area contributed by atoms with Crippen LogP contribution in [0.15, 0.2) is 16.8 Å². The molecular weight excluding hydrogens is 214 g/mol. The van der Waals surface area contributed by atoms with Crippen molar-refractivity contribution in [2.45, 2.75) is 45.1 Å². The van der Waals surface area contributed by atoms with Gasteiger partial charge in [-0.3, -0.25) is 0 Å². The summed E-state index contributed by atoms with van der Waals surface area (Å²) in [6.07, 6.45) is 6.89. The molecule has 1 aliphatic carbocycles. The summed E-state index contributed by atoms with van der Waals surface area (Å²) in [5, 5.41) is 8.01. The van der Waals surface area contributed by atoms with Crippen molar-refractivity contribution in [2.75, 3.05) is 7.05 Å². The summed E-state index contributed by atoms with van der Waals surface area (Å²) >= 11 is 1.81. The number of nitrogens with one attached hydrogen (secondary N) is 1. The van der Waals surface area contributed by atoms with E-state index in [9.17, 15) is 0 Å². The second-order valence-corrected chi connectivity index (χ2v) is 6.04. The zero-order valence-electron chi connectivity index (χ0n) is 10.4. The molecule has 2 heteroatoms. The van der Waals surface area contributed by atoms with E-state index < -0.39 is 0 Å². The zero-order chi connectivity index (χ0) is 11.4. The highest BCUT2D eigenvalue weighted by Crippen LogP contribution is 2.31. The lowest BCUT2D eigenvalue weighted by molar-refractivity contribution is 0.227. The standard InChI is InChI=1S/C14H23NS/c1-11-4-3-5-13(8-11)14(15-2)9-12-6-7-16-10-12/h6-7,10-11,13-15H,3-5,8-9H2,1-2H3. The van der Waals surface area contributed by atoms with E-state index in [4.69, 9.17) is 0 Å². The fourth-order valence-corrected chi connectivity index (χ4v) is 3.70. The topological polar surface area (TPSA) is 12.0 Å². The van der Waals surface area contributed by atoms with E-state index in [-0.39, 0.29) is 0 Å². The van der Waals surface area contributed by atoms with E-state index in [1.54, 1.807) is 0 Å². The van der Waals surface area contributed by atoms with Gasteiger partial charge in [-0.1, -0.05) is 19.8 Å². The monoisotopic (exact) mass is 237 g/mol. The average Bonchev–Trinajstić information content (AvgIpc) is 2.78. The normalized spacial score (nSPS) is 27.9. The lowest BCUT2D eigenvalue weighted by Crippen LogP contribution is -2.37. The number of rotatable bonds is 4. The van der Waals surface area contributed by atoms with Crippen LogP contribution in [0.5, 0.6) is 0 Å². The molecule has 1 N–H and O–H groups in total. The Labute approximate surface area is 103 Å². The van der Waals surface area contributed by atoms with Gasteiger partial charge in [0, 0.05) is 6.04 Å². The maximum atomic E-state index is 3.54. The molecule has 1 aromatic rings. The van der Waals surface area contributed by atoms with Crippen LogP contribution in [0.3, 0.4) is 0 Å². The number of thiophene rings is 1. The second-order valence-electron chi connectivity index (χ2n) is 5.26. The van der Waals surface area contributed by atoms with Gasteiger partial charge in [0.05, 0.1) is 0 Å². The molecule has 1 saturated carbocycles. The Morgan fingerprint density at radius 2 is 2.38 bits per heavy atom. The van der Waals surface area contributed by atoms with Gasteiger partial charge in [-0.25, -0.2) is 0 Å². The first kappa shape index (κ1) is 12.1. The molecule has 0 aromatic carbocycles. The molecule has 0 bridgehead atoms. The zero-order valence-corrected chi connectivity index (χ0v) is 11.2. The summed E-state index contributed by atoms with van der Waals surface area (Å²) in [5.74, 6) is 1.81. The lowest BCUT2D eigenvalue weighted by Gasteiger charge is -2.33. The van der Waals surface area contributed by atoms with Crippen LogP contribution in [0.1, 0.15) is 38.2 Å². The molecule has 1 nitrogen and oxygen atoms in total. The molecule has 0 amide bonds. The quantitative estimate of drug-likeness (QED) is 0.842. The highest BCUT2D eigenvalue weighted by atomic mass is 32.1. The summed E-state index contributed by atoms with van der Waals surface area (Å²) in [6.45, 7) is 2.41. The molecule has 0 aliphatic heterocycles. The lowest BCUT2D eigenvalue weighted by atomic mass is 9.77. The summed E-state index contributed by atoms with van der Waals surface area (Å²) in [6, 6.07) is 2.94. The average molecular weight is 237 g/mol.